The first-order valence-corrected chi connectivity index (χ1v) is 9.03. The van der Waals surface area contributed by atoms with E-state index >= 15 is 0 Å². The van der Waals surface area contributed by atoms with Gasteiger partial charge in [-0.15, -0.1) is 5.10 Å². The molecule has 0 spiro atoms. The van der Waals surface area contributed by atoms with Gasteiger partial charge in [0, 0.05) is 55.8 Å². The predicted molar refractivity (Wildman–Crippen MR) is 93.6 cm³/mol. The molecule has 5 nitrogen and oxygen atoms in total. The zero-order valence-corrected chi connectivity index (χ0v) is 14.9. The third-order valence-electron chi connectivity index (χ3n) is 3.84. The van der Waals surface area contributed by atoms with Crippen LogP contribution in [0.3, 0.4) is 0 Å². The highest BCUT2D eigenvalue weighted by atomic mass is 35.5. The van der Waals surface area contributed by atoms with Crippen LogP contribution in [0.2, 0.25) is 9.36 Å². The van der Waals surface area contributed by atoms with Crippen LogP contribution >= 0.6 is 34.7 Å². The highest BCUT2D eigenvalue weighted by Crippen LogP contribution is 2.19. The molecule has 1 aromatic carbocycles. The van der Waals surface area contributed by atoms with Gasteiger partial charge in [0.1, 0.15) is 22.4 Å². The van der Waals surface area contributed by atoms with E-state index in [1.54, 1.807) is 0 Å². The van der Waals surface area contributed by atoms with Gasteiger partial charge in [-0.1, -0.05) is 27.7 Å². The number of hydrogen-bond acceptors (Lipinski definition) is 6. The first-order valence-electron chi connectivity index (χ1n) is 7.50. The minimum Gasteiger partial charge on any atom is -0.492 e. The van der Waals surface area contributed by atoms with E-state index in [0.29, 0.717) is 10.9 Å². The number of halogens is 2. The van der Waals surface area contributed by atoms with E-state index in [2.05, 4.69) is 19.4 Å². The van der Waals surface area contributed by atoms with Crippen molar-refractivity contribution in [3.8, 4) is 5.75 Å². The summed E-state index contributed by atoms with van der Waals surface area (Å²) in [6, 6.07) is 7.47. The number of benzene rings is 1. The first-order chi connectivity index (χ1) is 11.2. The Bertz CT molecular complexity index is 614. The van der Waals surface area contributed by atoms with Gasteiger partial charge in [-0.05, 0) is 24.3 Å². The van der Waals surface area contributed by atoms with Gasteiger partial charge in [0.2, 0.25) is 0 Å². The summed E-state index contributed by atoms with van der Waals surface area (Å²) >= 11 is 13.2. The van der Waals surface area contributed by atoms with Crippen molar-refractivity contribution in [2.75, 3.05) is 39.3 Å². The van der Waals surface area contributed by atoms with Gasteiger partial charge in [-0.3, -0.25) is 9.80 Å². The fourth-order valence-electron chi connectivity index (χ4n) is 2.50. The van der Waals surface area contributed by atoms with Crippen LogP contribution in [0, 0.1) is 0 Å². The van der Waals surface area contributed by atoms with E-state index in [-0.39, 0.29) is 0 Å². The topological polar surface area (TPSA) is 41.5 Å². The number of aromatic nitrogens is 2. The zero-order valence-electron chi connectivity index (χ0n) is 12.6. The molecule has 3 rings (SSSR count). The van der Waals surface area contributed by atoms with E-state index in [4.69, 9.17) is 27.9 Å². The number of nitrogens with zero attached hydrogens (tertiary/aromatic N) is 4. The van der Waals surface area contributed by atoms with Gasteiger partial charge in [0.25, 0.3) is 0 Å². The number of rotatable bonds is 6. The van der Waals surface area contributed by atoms with Crippen LogP contribution in [0.1, 0.15) is 5.69 Å². The molecule has 1 fully saturated rings. The van der Waals surface area contributed by atoms with Gasteiger partial charge in [0.15, 0.2) is 0 Å². The molecule has 2 aromatic rings. The van der Waals surface area contributed by atoms with E-state index in [0.717, 1.165) is 55.7 Å². The lowest BCUT2D eigenvalue weighted by molar-refractivity contribution is 0.111. The molecule has 0 bridgehead atoms. The van der Waals surface area contributed by atoms with Crippen molar-refractivity contribution in [3.63, 3.8) is 0 Å². The second-order valence-electron chi connectivity index (χ2n) is 5.41. The summed E-state index contributed by atoms with van der Waals surface area (Å²) in [5.41, 5.74) is 0.885. The monoisotopic (exact) mass is 372 g/mol. The van der Waals surface area contributed by atoms with Crippen molar-refractivity contribution in [2.24, 2.45) is 0 Å². The lowest BCUT2D eigenvalue weighted by atomic mass is 10.3. The van der Waals surface area contributed by atoms with Crippen LogP contribution in [-0.4, -0.2) is 58.7 Å². The smallest absolute Gasteiger partial charge is 0.138 e. The maximum absolute atomic E-state index is 6.06. The quantitative estimate of drug-likeness (QED) is 0.779. The van der Waals surface area contributed by atoms with Crippen LogP contribution < -0.4 is 4.74 Å². The van der Waals surface area contributed by atoms with Crippen LogP contribution in [-0.2, 0) is 6.54 Å². The van der Waals surface area contributed by atoms with Crippen molar-refractivity contribution in [1.82, 2.24) is 19.4 Å². The molecule has 0 unspecified atom stereocenters. The van der Waals surface area contributed by atoms with Crippen LogP contribution in [0.15, 0.2) is 24.3 Å². The van der Waals surface area contributed by atoms with Gasteiger partial charge in [-0.2, -0.15) is 0 Å². The average molecular weight is 373 g/mol. The van der Waals surface area contributed by atoms with E-state index in [9.17, 15) is 0 Å². The van der Waals surface area contributed by atoms with Gasteiger partial charge in [-0.25, -0.2) is 0 Å². The van der Waals surface area contributed by atoms with Crippen molar-refractivity contribution in [2.45, 2.75) is 6.54 Å². The van der Waals surface area contributed by atoms with Gasteiger partial charge in [0.05, 0.1) is 0 Å². The molecular weight excluding hydrogens is 355 g/mol. The van der Waals surface area contributed by atoms with Crippen LogP contribution in [0.4, 0.5) is 0 Å². The SMILES string of the molecule is Clc1ccc(OCCN2CCN(Cc3nnsc3Cl)CC2)cc1. The van der Waals surface area contributed by atoms with Crippen molar-refractivity contribution >= 4 is 34.7 Å². The second-order valence-corrected chi connectivity index (χ2v) is 7.21. The summed E-state index contributed by atoms with van der Waals surface area (Å²) in [5.74, 6) is 0.860. The molecule has 124 valence electrons. The lowest BCUT2D eigenvalue weighted by Gasteiger charge is -2.34. The molecule has 1 saturated heterocycles. The van der Waals surface area contributed by atoms with E-state index in [1.807, 2.05) is 24.3 Å². The average Bonchev–Trinajstić information content (AvgIpc) is 2.96. The normalized spacial score (nSPS) is 16.6. The summed E-state index contributed by atoms with van der Waals surface area (Å²) in [6.07, 6.45) is 0. The third-order valence-corrected chi connectivity index (χ3v) is 5.07. The number of hydrogen-bond donors (Lipinski definition) is 0. The van der Waals surface area contributed by atoms with Gasteiger partial charge < -0.3 is 4.74 Å². The second kappa shape index (κ2) is 8.26. The Morgan fingerprint density at radius 3 is 2.39 bits per heavy atom. The number of ether oxygens (including phenoxy) is 1. The molecule has 0 radical (unpaired) electrons. The summed E-state index contributed by atoms with van der Waals surface area (Å²) in [4.78, 5) is 4.77. The molecule has 0 aliphatic carbocycles. The Morgan fingerprint density at radius 1 is 1.04 bits per heavy atom. The minimum absolute atomic E-state index is 0.684. The zero-order chi connectivity index (χ0) is 16.1. The molecule has 1 aliphatic heterocycles. The summed E-state index contributed by atoms with van der Waals surface area (Å²) in [7, 11) is 0. The van der Waals surface area contributed by atoms with Gasteiger partial charge >= 0.3 is 0 Å². The van der Waals surface area contributed by atoms with E-state index < -0.39 is 0 Å². The maximum atomic E-state index is 6.06. The Labute approximate surface area is 149 Å². The molecule has 1 aromatic heterocycles. The molecule has 0 saturated carbocycles. The molecule has 0 atom stereocenters. The lowest BCUT2D eigenvalue weighted by Crippen LogP contribution is -2.47. The Kier molecular flexibility index (Phi) is 6.08. The van der Waals surface area contributed by atoms with Crippen molar-refractivity contribution in [3.05, 3.63) is 39.3 Å². The summed E-state index contributed by atoms with van der Waals surface area (Å²) < 4.78 is 10.3. The Morgan fingerprint density at radius 2 is 1.74 bits per heavy atom. The highest BCUT2D eigenvalue weighted by Gasteiger charge is 2.18. The molecule has 8 heteroatoms. The highest BCUT2D eigenvalue weighted by molar-refractivity contribution is 7.10. The minimum atomic E-state index is 0.684. The van der Waals surface area contributed by atoms with E-state index in [1.165, 1.54) is 11.5 Å². The van der Waals surface area contributed by atoms with Crippen LogP contribution in [0.25, 0.3) is 0 Å². The summed E-state index contributed by atoms with van der Waals surface area (Å²) in [6.45, 7) is 6.46. The van der Waals surface area contributed by atoms with Crippen LogP contribution in [0.5, 0.6) is 5.75 Å². The molecule has 23 heavy (non-hydrogen) atoms. The standard InChI is InChI=1S/C15H18Cl2N4OS/c16-12-1-3-13(4-2-12)22-10-9-20-5-7-21(8-6-20)11-14-15(17)23-19-18-14/h1-4H,5-11H2. The Hall–Kier alpha value is -0.920. The van der Waals surface area contributed by atoms with Crippen molar-refractivity contribution < 1.29 is 4.74 Å². The molecule has 2 heterocycles. The largest absolute Gasteiger partial charge is 0.492 e. The fraction of sp³-hybridized carbons (Fsp3) is 0.467. The third kappa shape index (κ3) is 5.02. The first kappa shape index (κ1) is 16.9. The molecule has 0 amide bonds. The predicted octanol–water partition coefficient (Wildman–Crippen LogP) is 3.04. The maximum Gasteiger partial charge on any atom is 0.138 e. The molecule has 0 N–H and O–H groups in total. The Balaban J connectivity index is 1.36. The fourth-order valence-corrected chi connectivity index (χ4v) is 3.24. The summed E-state index contributed by atoms with van der Waals surface area (Å²) in [5, 5.41) is 4.80. The van der Waals surface area contributed by atoms with Crippen molar-refractivity contribution in [1.29, 1.82) is 0 Å². The molecular formula is C15H18Cl2N4OS. The molecule has 1 aliphatic rings. The number of piperazine rings is 1.